The molecule has 1 aliphatic rings. The molecule has 8 heteroatoms. The molecule has 144 valence electrons. The highest BCUT2D eigenvalue weighted by Crippen LogP contribution is 2.27. The lowest BCUT2D eigenvalue weighted by atomic mass is 10.2. The fourth-order valence-corrected chi connectivity index (χ4v) is 4.77. The molecule has 0 saturated carbocycles. The Kier molecular flexibility index (Phi) is 6.04. The van der Waals surface area contributed by atoms with Gasteiger partial charge < -0.3 is 10.4 Å². The van der Waals surface area contributed by atoms with Crippen LogP contribution >= 0.6 is 11.6 Å². The first-order valence-electron chi connectivity index (χ1n) is 8.78. The average molecular weight is 409 g/mol. The van der Waals surface area contributed by atoms with E-state index in [9.17, 15) is 18.3 Å². The van der Waals surface area contributed by atoms with Gasteiger partial charge in [0.1, 0.15) is 5.75 Å². The number of hydrogen-bond acceptors (Lipinski definition) is 4. The van der Waals surface area contributed by atoms with E-state index in [1.807, 2.05) is 0 Å². The molecule has 1 heterocycles. The summed E-state index contributed by atoms with van der Waals surface area (Å²) in [4.78, 5) is 12.6. The predicted molar refractivity (Wildman–Crippen MR) is 105 cm³/mol. The van der Waals surface area contributed by atoms with Crippen LogP contribution in [0, 0.1) is 0 Å². The Morgan fingerprint density at radius 2 is 1.74 bits per heavy atom. The summed E-state index contributed by atoms with van der Waals surface area (Å²) >= 11 is 5.88. The molecule has 2 aromatic rings. The molecule has 2 aromatic carbocycles. The molecule has 0 aromatic heterocycles. The molecule has 27 heavy (non-hydrogen) atoms. The predicted octanol–water partition coefficient (Wildman–Crippen LogP) is 3.86. The Hall–Kier alpha value is -2.09. The van der Waals surface area contributed by atoms with E-state index in [0.717, 1.165) is 25.7 Å². The number of benzene rings is 2. The molecule has 3 rings (SSSR count). The number of halogens is 1. The zero-order chi connectivity index (χ0) is 19.4. The topological polar surface area (TPSA) is 86.7 Å². The van der Waals surface area contributed by atoms with Crippen molar-refractivity contribution in [2.75, 3.05) is 18.4 Å². The van der Waals surface area contributed by atoms with Crippen molar-refractivity contribution in [1.82, 2.24) is 4.31 Å². The molecule has 1 amide bonds. The lowest BCUT2D eigenvalue weighted by Gasteiger charge is -2.20. The standard InChI is InChI=1S/C19H21ClN2O4S/c20-15-8-9-18(23)17(13-15)21-19(24)14-6-5-7-16(12-14)27(25,26)22-10-3-1-2-4-11-22/h5-9,12-13,23H,1-4,10-11H2,(H,21,24). The van der Waals surface area contributed by atoms with Gasteiger partial charge in [-0.05, 0) is 49.2 Å². The van der Waals surface area contributed by atoms with E-state index in [1.54, 1.807) is 0 Å². The van der Waals surface area contributed by atoms with Gasteiger partial charge in [-0.2, -0.15) is 4.31 Å². The van der Waals surface area contributed by atoms with Crippen LogP contribution in [0.25, 0.3) is 0 Å². The van der Waals surface area contributed by atoms with E-state index in [4.69, 9.17) is 11.6 Å². The number of anilines is 1. The number of sulfonamides is 1. The van der Waals surface area contributed by atoms with Gasteiger partial charge in [0.2, 0.25) is 10.0 Å². The van der Waals surface area contributed by atoms with Crippen molar-refractivity contribution in [3.05, 3.63) is 53.1 Å². The highest BCUT2D eigenvalue weighted by molar-refractivity contribution is 7.89. The number of phenolic OH excluding ortho intramolecular Hbond substituents is 1. The van der Waals surface area contributed by atoms with Gasteiger partial charge >= 0.3 is 0 Å². The smallest absolute Gasteiger partial charge is 0.255 e. The highest BCUT2D eigenvalue weighted by atomic mass is 35.5. The van der Waals surface area contributed by atoms with Gasteiger partial charge in [0.05, 0.1) is 10.6 Å². The number of hydrogen-bond donors (Lipinski definition) is 2. The number of phenols is 1. The molecule has 0 unspecified atom stereocenters. The summed E-state index contributed by atoms with van der Waals surface area (Å²) in [6, 6.07) is 10.2. The molecule has 0 aliphatic carbocycles. The Morgan fingerprint density at radius 3 is 2.44 bits per heavy atom. The third-order valence-electron chi connectivity index (χ3n) is 4.51. The normalized spacial score (nSPS) is 15.9. The van der Waals surface area contributed by atoms with Crippen molar-refractivity contribution in [3.8, 4) is 5.75 Å². The van der Waals surface area contributed by atoms with Crippen molar-refractivity contribution in [2.45, 2.75) is 30.6 Å². The van der Waals surface area contributed by atoms with Gasteiger partial charge in [0.15, 0.2) is 0 Å². The summed E-state index contributed by atoms with van der Waals surface area (Å²) in [6.45, 7) is 0.990. The number of aromatic hydroxyl groups is 1. The van der Waals surface area contributed by atoms with Gasteiger partial charge in [-0.15, -0.1) is 0 Å². The van der Waals surface area contributed by atoms with Gasteiger partial charge in [0, 0.05) is 23.7 Å². The third kappa shape index (κ3) is 4.61. The number of rotatable bonds is 4. The second-order valence-corrected chi connectivity index (χ2v) is 8.84. The van der Waals surface area contributed by atoms with Crippen molar-refractivity contribution in [3.63, 3.8) is 0 Å². The molecule has 0 radical (unpaired) electrons. The molecular formula is C19H21ClN2O4S. The van der Waals surface area contributed by atoms with E-state index < -0.39 is 15.9 Å². The Labute approximate surface area is 163 Å². The first-order chi connectivity index (χ1) is 12.9. The minimum Gasteiger partial charge on any atom is -0.506 e. The molecule has 0 spiro atoms. The summed E-state index contributed by atoms with van der Waals surface area (Å²) in [7, 11) is -3.65. The van der Waals surface area contributed by atoms with E-state index in [1.165, 1.54) is 46.8 Å². The summed E-state index contributed by atoms with van der Waals surface area (Å²) < 4.78 is 27.3. The number of carbonyl (C=O) groups is 1. The van der Waals surface area contributed by atoms with Crippen LogP contribution in [-0.2, 0) is 10.0 Å². The number of nitrogens with one attached hydrogen (secondary N) is 1. The van der Waals surface area contributed by atoms with Gasteiger partial charge in [0.25, 0.3) is 5.91 Å². The SMILES string of the molecule is O=C(Nc1cc(Cl)ccc1O)c1cccc(S(=O)(=O)N2CCCCCC2)c1. The van der Waals surface area contributed by atoms with Crippen LogP contribution in [0.1, 0.15) is 36.0 Å². The third-order valence-corrected chi connectivity index (χ3v) is 6.64. The van der Waals surface area contributed by atoms with Crippen LogP contribution in [-0.4, -0.2) is 36.8 Å². The molecule has 1 aliphatic heterocycles. The van der Waals surface area contributed by atoms with Crippen LogP contribution in [0.4, 0.5) is 5.69 Å². The van der Waals surface area contributed by atoms with Crippen LogP contribution in [0.5, 0.6) is 5.75 Å². The summed E-state index contributed by atoms with van der Waals surface area (Å²) in [5, 5.41) is 12.8. The van der Waals surface area contributed by atoms with Crippen molar-refractivity contribution >= 4 is 33.2 Å². The van der Waals surface area contributed by atoms with Crippen molar-refractivity contribution < 1.29 is 18.3 Å². The molecule has 1 saturated heterocycles. The maximum absolute atomic E-state index is 12.9. The summed E-state index contributed by atoms with van der Waals surface area (Å²) in [5.74, 6) is -0.651. The van der Waals surface area contributed by atoms with Gasteiger partial charge in [-0.25, -0.2) is 8.42 Å². The van der Waals surface area contributed by atoms with Gasteiger partial charge in [-0.1, -0.05) is 30.5 Å². The Balaban J connectivity index is 1.84. The fraction of sp³-hybridized carbons (Fsp3) is 0.316. The second kappa shape index (κ2) is 8.29. The number of carbonyl (C=O) groups excluding carboxylic acids is 1. The lowest BCUT2D eigenvalue weighted by molar-refractivity contribution is 0.102. The molecular weight excluding hydrogens is 388 g/mol. The quantitative estimate of drug-likeness (QED) is 0.752. The van der Waals surface area contributed by atoms with E-state index >= 15 is 0 Å². The summed E-state index contributed by atoms with van der Waals surface area (Å²) in [6.07, 6.45) is 3.73. The largest absolute Gasteiger partial charge is 0.506 e. The maximum Gasteiger partial charge on any atom is 0.255 e. The zero-order valence-electron chi connectivity index (χ0n) is 14.7. The molecule has 2 N–H and O–H groups in total. The monoisotopic (exact) mass is 408 g/mol. The Bertz CT molecular complexity index is 938. The summed E-state index contributed by atoms with van der Waals surface area (Å²) in [5.41, 5.74) is 0.346. The van der Waals surface area contributed by atoms with E-state index in [-0.39, 0.29) is 21.9 Å². The minimum absolute atomic E-state index is 0.0902. The fourth-order valence-electron chi connectivity index (χ4n) is 3.03. The number of nitrogens with zero attached hydrogens (tertiary/aromatic N) is 1. The van der Waals surface area contributed by atoms with Crippen molar-refractivity contribution in [2.24, 2.45) is 0 Å². The molecule has 0 atom stereocenters. The highest BCUT2D eigenvalue weighted by Gasteiger charge is 2.25. The van der Waals surface area contributed by atoms with Crippen molar-refractivity contribution in [1.29, 1.82) is 0 Å². The van der Waals surface area contributed by atoms with Crippen LogP contribution in [0.2, 0.25) is 5.02 Å². The van der Waals surface area contributed by atoms with Crippen LogP contribution in [0.15, 0.2) is 47.4 Å². The Morgan fingerprint density at radius 1 is 1.04 bits per heavy atom. The molecule has 1 fully saturated rings. The molecule has 0 bridgehead atoms. The lowest BCUT2D eigenvalue weighted by Crippen LogP contribution is -2.32. The van der Waals surface area contributed by atoms with Crippen LogP contribution < -0.4 is 5.32 Å². The van der Waals surface area contributed by atoms with E-state index in [0.29, 0.717) is 18.1 Å². The number of amides is 1. The first-order valence-corrected chi connectivity index (χ1v) is 10.6. The average Bonchev–Trinajstić information content (AvgIpc) is 2.95. The van der Waals surface area contributed by atoms with E-state index in [2.05, 4.69) is 5.32 Å². The van der Waals surface area contributed by atoms with Gasteiger partial charge in [-0.3, -0.25) is 4.79 Å². The second-order valence-electron chi connectivity index (χ2n) is 6.46. The van der Waals surface area contributed by atoms with Crippen LogP contribution in [0.3, 0.4) is 0 Å². The maximum atomic E-state index is 12.9. The minimum atomic E-state index is -3.65. The zero-order valence-corrected chi connectivity index (χ0v) is 16.3. The molecule has 6 nitrogen and oxygen atoms in total. The first kappa shape index (κ1) is 19.7.